The molecule has 0 aliphatic carbocycles. The third-order valence-corrected chi connectivity index (χ3v) is 1.87. The highest BCUT2D eigenvalue weighted by Crippen LogP contribution is 1.77. The molecule has 0 bridgehead atoms. The molecular weight excluding hydrogens is 328 g/mol. The van der Waals surface area contributed by atoms with Gasteiger partial charge in [0.25, 0.3) is 0 Å². The maximum atomic E-state index is 9.92. The van der Waals surface area contributed by atoms with Crippen LogP contribution in [0.5, 0.6) is 0 Å². The lowest BCUT2D eigenvalue weighted by molar-refractivity contribution is -0.148. The van der Waals surface area contributed by atoms with Gasteiger partial charge in [-0.25, -0.2) is 4.79 Å². The number of carbonyl (C=O) groups excluding carboxylic acids is 1. The Labute approximate surface area is 137 Å². The Morgan fingerprint density at radius 1 is 0.833 bits per heavy atom. The van der Waals surface area contributed by atoms with E-state index in [4.69, 9.17) is 37.6 Å². The minimum atomic E-state index is -1.38. The number of nitrogens with two attached hydrogens (primary N) is 2. The van der Waals surface area contributed by atoms with Crippen LogP contribution in [0.15, 0.2) is 0 Å². The van der Waals surface area contributed by atoms with E-state index < -0.39 is 23.7 Å². The minimum absolute atomic E-state index is 0.227. The highest BCUT2D eigenvalue weighted by molar-refractivity contribution is 6.31. The molecule has 0 heterocycles. The molecule has 13 nitrogen and oxygen atoms in total. The zero-order valence-electron chi connectivity index (χ0n) is 13.4. The second-order valence-electron chi connectivity index (χ2n) is 4.13. The molecule has 9 N–H and O–H groups in total. The van der Waals surface area contributed by atoms with Gasteiger partial charge in [-0.15, -0.1) is 0 Å². The van der Waals surface area contributed by atoms with Gasteiger partial charge in [0.2, 0.25) is 5.78 Å². The quantitative estimate of drug-likeness (QED) is 0.155. The van der Waals surface area contributed by atoms with Gasteiger partial charge in [-0.2, -0.15) is 0 Å². The first kappa shape index (κ1) is 25.6. The van der Waals surface area contributed by atoms with E-state index in [1.165, 1.54) is 14.1 Å². The zero-order chi connectivity index (χ0) is 20.0. The van der Waals surface area contributed by atoms with Crippen molar-refractivity contribution in [2.24, 2.45) is 11.5 Å². The van der Waals surface area contributed by atoms with Crippen molar-refractivity contribution in [1.29, 1.82) is 10.8 Å². The number of hydrogen-bond acceptors (Lipinski definition) is 6. The van der Waals surface area contributed by atoms with Gasteiger partial charge < -0.3 is 36.6 Å². The molecule has 0 rings (SSSR count). The standard InChI is InChI=1S/2C4H9N3O2.C3H4O3/c2*1-7(4(5)6)2-3(8)9;1-2(4)3(5)6/h2*2H2,1H3,(H3,5,6)(H,8,9);1H3,(H,5,6). The molecule has 0 aliphatic heterocycles. The van der Waals surface area contributed by atoms with E-state index >= 15 is 0 Å². The number of hydrogen-bond donors (Lipinski definition) is 7. The molecule has 0 aromatic rings. The third-order valence-electron chi connectivity index (χ3n) is 1.87. The van der Waals surface area contributed by atoms with Crippen LogP contribution in [0.25, 0.3) is 0 Å². The summed E-state index contributed by atoms with van der Waals surface area (Å²) in [6.07, 6.45) is 0. The Kier molecular flexibility index (Phi) is 14.2. The van der Waals surface area contributed by atoms with Crippen molar-refractivity contribution in [2.45, 2.75) is 6.92 Å². The number of likely N-dealkylation sites (N-methyl/N-ethyl adjacent to an activating group) is 2. The zero-order valence-corrected chi connectivity index (χ0v) is 13.4. The van der Waals surface area contributed by atoms with Gasteiger partial charge in [0.05, 0.1) is 0 Å². The average Bonchev–Trinajstić information content (AvgIpc) is 2.38. The van der Waals surface area contributed by atoms with Crippen LogP contribution in [0.2, 0.25) is 0 Å². The summed E-state index contributed by atoms with van der Waals surface area (Å²) in [4.78, 5) is 41.0. The van der Waals surface area contributed by atoms with Gasteiger partial charge in [0.1, 0.15) is 13.1 Å². The Bertz CT molecular complexity index is 449. The van der Waals surface area contributed by atoms with Gasteiger partial charge in [-0.1, -0.05) is 0 Å². The van der Waals surface area contributed by atoms with Crippen LogP contribution in [-0.4, -0.2) is 87.9 Å². The number of ketones is 1. The SMILES string of the molecule is CC(=O)C(=O)O.CN(CC(=O)O)C(=N)N.CN(CC(=O)O)C(=N)N. The monoisotopic (exact) mass is 350 g/mol. The molecule has 0 radical (unpaired) electrons. The smallest absolute Gasteiger partial charge is 0.371 e. The van der Waals surface area contributed by atoms with E-state index in [0.717, 1.165) is 16.7 Å². The summed E-state index contributed by atoms with van der Waals surface area (Å²) < 4.78 is 0. The number of carboxylic acid groups (broad SMARTS) is 3. The number of nitrogens with one attached hydrogen (secondary N) is 2. The molecule has 0 amide bonds. The van der Waals surface area contributed by atoms with Gasteiger partial charge in [0, 0.05) is 21.0 Å². The number of carbonyl (C=O) groups is 4. The molecule has 0 atom stereocenters. The first-order valence-electron chi connectivity index (χ1n) is 6.00. The summed E-state index contributed by atoms with van der Waals surface area (Å²) >= 11 is 0. The summed E-state index contributed by atoms with van der Waals surface area (Å²) in [6, 6.07) is 0. The van der Waals surface area contributed by atoms with Crippen molar-refractivity contribution >= 4 is 35.6 Å². The Morgan fingerprint density at radius 2 is 1.04 bits per heavy atom. The molecular formula is C11H22N6O7. The number of aliphatic carboxylic acids is 3. The second kappa shape index (κ2) is 13.3. The summed E-state index contributed by atoms with van der Waals surface area (Å²) in [5, 5.41) is 37.4. The van der Waals surface area contributed by atoms with E-state index in [1.807, 2.05) is 0 Å². The average molecular weight is 350 g/mol. The summed E-state index contributed by atoms with van der Waals surface area (Å²) in [7, 11) is 2.88. The number of rotatable bonds is 5. The molecule has 0 aromatic carbocycles. The van der Waals surface area contributed by atoms with E-state index in [1.54, 1.807) is 0 Å². The Morgan fingerprint density at radius 3 is 1.08 bits per heavy atom. The summed E-state index contributed by atoms with van der Waals surface area (Å²) in [6.45, 7) is 0.549. The number of Topliss-reactive ketones (excluding diaryl/α,β-unsaturated/α-hetero) is 1. The molecule has 0 aromatic heterocycles. The number of carboxylic acids is 3. The van der Waals surface area contributed by atoms with Crippen molar-refractivity contribution < 1.29 is 34.5 Å². The molecule has 0 saturated heterocycles. The maximum absolute atomic E-state index is 9.92. The lowest BCUT2D eigenvalue weighted by Gasteiger charge is -2.12. The largest absolute Gasteiger partial charge is 0.480 e. The van der Waals surface area contributed by atoms with Crippen molar-refractivity contribution in [3.63, 3.8) is 0 Å². The van der Waals surface area contributed by atoms with Crippen LogP contribution in [0.4, 0.5) is 0 Å². The van der Waals surface area contributed by atoms with Crippen LogP contribution in [-0.2, 0) is 19.2 Å². The van der Waals surface area contributed by atoms with Crippen molar-refractivity contribution in [1.82, 2.24) is 9.80 Å². The molecule has 13 heteroatoms. The predicted molar refractivity (Wildman–Crippen MR) is 82.7 cm³/mol. The fourth-order valence-corrected chi connectivity index (χ4v) is 0.576. The molecule has 0 fully saturated rings. The first-order valence-corrected chi connectivity index (χ1v) is 6.00. The van der Waals surface area contributed by atoms with Crippen LogP contribution >= 0.6 is 0 Å². The fraction of sp³-hybridized carbons (Fsp3) is 0.455. The molecule has 0 aliphatic rings. The predicted octanol–water partition coefficient (Wildman–Crippen LogP) is -2.55. The Balaban J connectivity index is -0.000000282. The van der Waals surface area contributed by atoms with Crippen LogP contribution in [0, 0.1) is 10.8 Å². The van der Waals surface area contributed by atoms with Crippen molar-refractivity contribution in [3.05, 3.63) is 0 Å². The van der Waals surface area contributed by atoms with Crippen molar-refractivity contribution in [3.8, 4) is 0 Å². The van der Waals surface area contributed by atoms with E-state index in [9.17, 15) is 19.2 Å². The third kappa shape index (κ3) is 20.9. The lowest BCUT2D eigenvalue weighted by Crippen LogP contribution is -2.36. The van der Waals surface area contributed by atoms with Gasteiger partial charge >= 0.3 is 17.9 Å². The van der Waals surface area contributed by atoms with Crippen LogP contribution in [0.3, 0.4) is 0 Å². The molecule has 0 unspecified atom stereocenters. The minimum Gasteiger partial charge on any atom is -0.480 e. The fourth-order valence-electron chi connectivity index (χ4n) is 0.576. The summed E-state index contributed by atoms with van der Waals surface area (Å²) in [5.41, 5.74) is 9.86. The molecule has 24 heavy (non-hydrogen) atoms. The van der Waals surface area contributed by atoms with E-state index in [2.05, 4.69) is 0 Å². The highest BCUT2D eigenvalue weighted by Gasteiger charge is 2.03. The van der Waals surface area contributed by atoms with Crippen LogP contribution in [0.1, 0.15) is 6.92 Å². The maximum Gasteiger partial charge on any atom is 0.371 e. The summed E-state index contributed by atoms with van der Waals surface area (Å²) in [5.74, 6) is -4.67. The van der Waals surface area contributed by atoms with Gasteiger partial charge in [-0.05, 0) is 0 Å². The van der Waals surface area contributed by atoms with E-state index in [-0.39, 0.29) is 25.0 Å². The topological polar surface area (TPSA) is 235 Å². The van der Waals surface area contributed by atoms with Gasteiger partial charge in [0.15, 0.2) is 11.9 Å². The van der Waals surface area contributed by atoms with Gasteiger partial charge in [-0.3, -0.25) is 25.2 Å². The molecule has 0 spiro atoms. The highest BCUT2D eigenvalue weighted by atomic mass is 16.4. The second-order valence-corrected chi connectivity index (χ2v) is 4.13. The van der Waals surface area contributed by atoms with E-state index in [0.29, 0.717) is 0 Å². The molecule has 138 valence electrons. The molecule has 0 saturated carbocycles. The number of nitrogens with zero attached hydrogens (tertiary/aromatic N) is 2. The lowest BCUT2D eigenvalue weighted by atomic mass is 10.5. The van der Waals surface area contributed by atoms with Crippen molar-refractivity contribution in [2.75, 3.05) is 27.2 Å². The normalized spacial score (nSPS) is 8.29. The Hall–Kier alpha value is -3.38. The number of guanidine groups is 2. The first-order chi connectivity index (χ1) is 10.7. The van der Waals surface area contributed by atoms with Crippen LogP contribution < -0.4 is 11.5 Å².